The molecule has 0 bridgehead atoms. The lowest BCUT2D eigenvalue weighted by Gasteiger charge is -2.21. The maximum atomic E-state index is 13.3. The quantitative estimate of drug-likeness (QED) is 0.617. The van der Waals surface area contributed by atoms with E-state index in [1.165, 1.54) is 11.8 Å². The van der Waals surface area contributed by atoms with Gasteiger partial charge in [0.25, 0.3) is 5.91 Å². The van der Waals surface area contributed by atoms with Crippen molar-refractivity contribution in [1.29, 1.82) is 0 Å². The molecule has 3 aromatic rings. The first-order valence-corrected chi connectivity index (χ1v) is 12.6. The van der Waals surface area contributed by atoms with Crippen molar-refractivity contribution >= 4 is 27.5 Å². The Balaban J connectivity index is 1.59. The molecule has 0 radical (unpaired) electrons. The van der Waals surface area contributed by atoms with Gasteiger partial charge in [0.15, 0.2) is 9.84 Å². The number of rotatable bonds is 6. The SMILES string of the molecule is O=C(NC(c1ccccc1)c1ccccc1)c1ccccc1S[C@H]1CCS(=O)(=O)C1. The zero-order chi connectivity index (χ0) is 21.0. The average Bonchev–Trinajstić information content (AvgIpc) is 3.11. The van der Waals surface area contributed by atoms with Gasteiger partial charge in [-0.3, -0.25) is 4.79 Å². The zero-order valence-corrected chi connectivity index (χ0v) is 18.0. The summed E-state index contributed by atoms with van der Waals surface area (Å²) in [5.74, 6) is 0.226. The first-order valence-electron chi connectivity index (χ1n) is 9.89. The second-order valence-corrected chi connectivity index (χ2v) is 10.9. The summed E-state index contributed by atoms with van der Waals surface area (Å²) < 4.78 is 23.6. The first kappa shape index (κ1) is 20.7. The largest absolute Gasteiger partial charge is 0.341 e. The summed E-state index contributed by atoms with van der Waals surface area (Å²) in [5.41, 5.74) is 2.58. The van der Waals surface area contributed by atoms with Crippen LogP contribution >= 0.6 is 11.8 Å². The van der Waals surface area contributed by atoms with Gasteiger partial charge in [0.05, 0.1) is 23.1 Å². The summed E-state index contributed by atoms with van der Waals surface area (Å²) in [5, 5.41) is 3.17. The predicted octanol–water partition coefficient (Wildman–Crippen LogP) is 4.49. The minimum absolute atomic E-state index is 0.0111. The van der Waals surface area contributed by atoms with Crippen LogP contribution in [0.4, 0.5) is 0 Å². The number of hydrogen-bond acceptors (Lipinski definition) is 4. The van der Waals surface area contributed by atoms with Crippen LogP contribution in [0.15, 0.2) is 89.8 Å². The first-order chi connectivity index (χ1) is 14.5. The third kappa shape index (κ3) is 4.94. The third-order valence-electron chi connectivity index (χ3n) is 5.16. The summed E-state index contributed by atoms with van der Waals surface area (Å²) in [6.07, 6.45) is 0.625. The Hall–Kier alpha value is -2.57. The molecular weight excluding hydrogens is 414 g/mol. The lowest BCUT2D eigenvalue weighted by Crippen LogP contribution is -2.29. The maximum absolute atomic E-state index is 13.3. The molecule has 1 amide bonds. The molecule has 6 heteroatoms. The molecule has 4 rings (SSSR count). The number of hydrogen-bond donors (Lipinski definition) is 1. The fraction of sp³-hybridized carbons (Fsp3) is 0.208. The number of amides is 1. The molecule has 3 aromatic carbocycles. The highest BCUT2D eigenvalue weighted by atomic mass is 32.2. The molecule has 0 saturated carbocycles. The lowest BCUT2D eigenvalue weighted by molar-refractivity contribution is 0.0940. The van der Waals surface area contributed by atoms with E-state index in [9.17, 15) is 13.2 Å². The van der Waals surface area contributed by atoms with Gasteiger partial charge in [-0.15, -0.1) is 11.8 Å². The molecule has 0 unspecified atom stereocenters. The fourth-order valence-corrected chi connectivity index (χ4v) is 7.28. The van der Waals surface area contributed by atoms with E-state index >= 15 is 0 Å². The van der Waals surface area contributed by atoms with Gasteiger partial charge in [0, 0.05) is 10.1 Å². The highest BCUT2D eigenvalue weighted by Gasteiger charge is 2.29. The number of carbonyl (C=O) groups excluding carboxylic acids is 1. The van der Waals surface area contributed by atoms with Crippen molar-refractivity contribution in [1.82, 2.24) is 5.32 Å². The normalized spacial score (nSPS) is 17.7. The van der Waals surface area contributed by atoms with Crippen LogP contribution < -0.4 is 5.32 Å². The van der Waals surface area contributed by atoms with Gasteiger partial charge < -0.3 is 5.32 Å². The molecule has 1 aliphatic heterocycles. The highest BCUT2D eigenvalue weighted by Crippen LogP contribution is 2.33. The Labute approximate surface area is 181 Å². The van der Waals surface area contributed by atoms with Crippen LogP contribution in [0.1, 0.15) is 33.9 Å². The van der Waals surface area contributed by atoms with Crippen LogP contribution in [-0.2, 0) is 9.84 Å². The predicted molar refractivity (Wildman–Crippen MR) is 122 cm³/mol. The minimum Gasteiger partial charge on any atom is -0.341 e. The Kier molecular flexibility index (Phi) is 6.25. The molecule has 1 heterocycles. The van der Waals surface area contributed by atoms with Gasteiger partial charge in [-0.05, 0) is 29.7 Å². The minimum atomic E-state index is -2.96. The van der Waals surface area contributed by atoms with Crippen LogP contribution in [0.25, 0.3) is 0 Å². The van der Waals surface area contributed by atoms with Crippen molar-refractivity contribution in [2.75, 3.05) is 11.5 Å². The second kappa shape index (κ2) is 9.06. The van der Waals surface area contributed by atoms with Crippen molar-refractivity contribution in [2.24, 2.45) is 0 Å². The van der Waals surface area contributed by atoms with Gasteiger partial charge in [0.1, 0.15) is 0 Å². The van der Waals surface area contributed by atoms with Crippen molar-refractivity contribution in [2.45, 2.75) is 22.6 Å². The molecule has 1 saturated heterocycles. The fourth-order valence-electron chi connectivity index (χ4n) is 3.65. The van der Waals surface area contributed by atoms with E-state index in [1.807, 2.05) is 78.9 Å². The molecule has 0 aliphatic carbocycles. The van der Waals surface area contributed by atoms with Crippen molar-refractivity contribution < 1.29 is 13.2 Å². The molecule has 1 aliphatic rings. The Morgan fingerprint density at radius 2 is 1.43 bits per heavy atom. The number of carbonyl (C=O) groups is 1. The maximum Gasteiger partial charge on any atom is 0.253 e. The van der Waals surface area contributed by atoms with E-state index in [0.717, 1.165) is 16.0 Å². The van der Waals surface area contributed by atoms with E-state index < -0.39 is 9.84 Å². The number of sulfone groups is 1. The van der Waals surface area contributed by atoms with Gasteiger partial charge in [-0.2, -0.15) is 0 Å². The average molecular weight is 438 g/mol. The number of thioether (sulfide) groups is 1. The van der Waals surface area contributed by atoms with E-state index in [2.05, 4.69) is 5.32 Å². The van der Waals surface area contributed by atoms with Gasteiger partial charge >= 0.3 is 0 Å². The van der Waals surface area contributed by atoms with Gasteiger partial charge in [-0.25, -0.2) is 8.42 Å². The molecule has 4 nitrogen and oxygen atoms in total. The van der Waals surface area contributed by atoms with Crippen LogP contribution in [0.2, 0.25) is 0 Å². The molecule has 1 atom stereocenters. The Morgan fingerprint density at radius 1 is 0.867 bits per heavy atom. The summed E-state index contributed by atoms with van der Waals surface area (Å²) in [4.78, 5) is 14.1. The van der Waals surface area contributed by atoms with Crippen LogP contribution in [0.3, 0.4) is 0 Å². The smallest absolute Gasteiger partial charge is 0.253 e. The summed E-state index contributed by atoms with van der Waals surface area (Å²) in [7, 11) is -2.96. The number of benzene rings is 3. The molecule has 1 fully saturated rings. The standard InChI is InChI=1S/C24H23NO3S2/c26-24(21-13-7-8-14-22(21)29-20-15-16-30(27,28)17-20)25-23(18-9-3-1-4-10-18)19-11-5-2-6-12-19/h1-14,20,23H,15-17H2,(H,25,26)/t20-/m0/s1. The Morgan fingerprint density at radius 3 is 2.00 bits per heavy atom. The van der Waals surface area contributed by atoms with E-state index in [4.69, 9.17) is 0 Å². The lowest BCUT2D eigenvalue weighted by atomic mass is 9.98. The van der Waals surface area contributed by atoms with E-state index in [0.29, 0.717) is 12.0 Å². The van der Waals surface area contributed by atoms with Crippen LogP contribution in [-0.4, -0.2) is 31.1 Å². The molecule has 1 N–H and O–H groups in total. The molecular formula is C24H23NO3S2. The van der Waals surface area contributed by atoms with Crippen molar-refractivity contribution in [3.05, 3.63) is 102 Å². The molecule has 0 spiro atoms. The molecule has 0 aromatic heterocycles. The molecule has 30 heavy (non-hydrogen) atoms. The summed E-state index contributed by atoms with van der Waals surface area (Å²) >= 11 is 1.49. The Bertz CT molecular complexity index is 1080. The second-order valence-electron chi connectivity index (χ2n) is 7.37. The van der Waals surface area contributed by atoms with Crippen molar-refractivity contribution in [3.8, 4) is 0 Å². The monoisotopic (exact) mass is 437 g/mol. The van der Waals surface area contributed by atoms with E-state index in [1.54, 1.807) is 6.07 Å². The van der Waals surface area contributed by atoms with Gasteiger partial charge in [-0.1, -0.05) is 72.8 Å². The molecule has 154 valence electrons. The highest BCUT2D eigenvalue weighted by molar-refractivity contribution is 8.02. The third-order valence-corrected chi connectivity index (χ3v) is 8.48. The number of nitrogens with one attached hydrogen (secondary N) is 1. The summed E-state index contributed by atoms with van der Waals surface area (Å²) in [6, 6.07) is 26.9. The van der Waals surface area contributed by atoms with Crippen LogP contribution in [0, 0.1) is 0 Å². The van der Waals surface area contributed by atoms with Gasteiger partial charge in [0.2, 0.25) is 0 Å². The van der Waals surface area contributed by atoms with Crippen molar-refractivity contribution in [3.63, 3.8) is 0 Å². The zero-order valence-electron chi connectivity index (χ0n) is 16.4. The summed E-state index contributed by atoms with van der Waals surface area (Å²) in [6.45, 7) is 0. The topological polar surface area (TPSA) is 63.2 Å². The van der Waals surface area contributed by atoms with E-state index in [-0.39, 0.29) is 28.7 Å². The van der Waals surface area contributed by atoms with Crippen LogP contribution in [0.5, 0.6) is 0 Å².